The maximum Gasteiger partial charge on any atom is 1.00 e. The van der Waals surface area contributed by atoms with Crippen LogP contribution in [0.25, 0.3) is 0 Å². The maximum absolute atomic E-state index is 9.85. The van der Waals surface area contributed by atoms with Crippen LogP contribution in [0.3, 0.4) is 0 Å². The Kier molecular flexibility index (Phi) is 7.23. The first-order chi connectivity index (χ1) is 3.95. The molecule has 1 N–H and O–H groups in total. The van der Waals surface area contributed by atoms with E-state index in [1.54, 1.807) is 0 Å². The maximum atomic E-state index is 9.85. The molecule has 0 aromatic rings. The number of alkyl halides is 1. The molecule has 0 saturated carbocycles. The van der Waals surface area contributed by atoms with E-state index in [-0.39, 0.29) is 18.9 Å². The molecule has 1 unspecified atom stereocenters. The van der Waals surface area contributed by atoms with E-state index < -0.39 is 27.9 Å². The van der Waals surface area contributed by atoms with Gasteiger partial charge in [0.15, 0.2) is 0 Å². The molecule has 0 heterocycles. The average Bonchev–Trinajstić information content (AvgIpc) is 1.62. The molecule has 0 aliphatic carbocycles. The second-order valence-corrected chi connectivity index (χ2v) is 3.57. The summed E-state index contributed by atoms with van der Waals surface area (Å²) in [5.74, 6) is -0.717. The molecule has 0 spiro atoms. The predicted octanol–water partition coefficient (Wildman–Crippen LogP) is -3.86. The molecular weight excluding hydrogens is 174 g/mol. The van der Waals surface area contributed by atoms with E-state index in [4.69, 9.17) is 16.7 Å². The van der Waals surface area contributed by atoms with Crippen LogP contribution >= 0.6 is 11.6 Å². The molecule has 0 radical (unpaired) electrons. The van der Waals surface area contributed by atoms with Gasteiger partial charge in [-0.25, -0.2) is 8.42 Å². The molecule has 0 bridgehead atoms. The van der Waals surface area contributed by atoms with Crippen LogP contribution in [0.5, 0.6) is 0 Å². The first-order valence-electron chi connectivity index (χ1n) is 2.14. The number of aliphatic hydroxyl groups excluding tert-OH is 1. The minimum atomic E-state index is -4.28. The van der Waals surface area contributed by atoms with Crippen molar-refractivity contribution in [2.45, 2.75) is 5.38 Å². The van der Waals surface area contributed by atoms with Crippen LogP contribution in [0.1, 0.15) is 0 Å². The first-order valence-corrected chi connectivity index (χ1v) is 4.15. The summed E-state index contributed by atoms with van der Waals surface area (Å²) >= 11 is 5.12. The topological polar surface area (TPSA) is 77.4 Å². The van der Waals surface area contributed by atoms with Gasteiger partial charge in [-0.3, -0.25) is 0 Å². The van der Waals surface area contributed by atoms with Crippen molar-refractivity contribution in [2.24, 2.45) is 0 Å². The van der Waals surface area contributed by atoms with Crippen molar-refractivity contribution in [3.8, 4) is 0 Å². The van der Waals surface area contributed by atoms with E-state index in [9.17, 15) is 13.0 Å². The van der Waals surface area contributed by atoms with Gasteiger partial charge in [0, 0.05) is 0 Å². The fourth-order valence-corrected chi connectivity index (χ4v) is 1.29. The molecular formula is C3H6ClLiO4S. The Balaban J connectivity index is 0. The van der Waals surface area contributed by atoms with Crippen molar-refractivity contribution < 1.29 is 36.9 Å². The normalized spacial score (nSPS) is 13.9. The molecule has 1 atom stereocenters. The quantitative estimate of drug-likeness (QED) is 0.274. The number of aliphatic hydroxyl groups is 1. The van der Waals surface area contributed by atoms with Gasteiger partial charge in [-0.05, 0) is 0 Å². The van der Waals surface area contributed by atoms with Crippen molar-refractivity contribution in [3.63, 3.8) is 0 Å². The third-order valence-electron chi connectivity index (χ3n) is 0.583. The molecule has 0 aromatic heterocycles. The van der Waals surface area contributed by atoms with Crippen LogP contribution in [-0.2, 0) is 10.1 Å². The summed E-state index contributed by atoms with van der Waals surface area (Å²) in [7, 11) is -4.28. The second-order valence-electron chi connectivity index (χ2n) is 1.50. The molecule has 0 saturated heterocycles. The molecule has 0 aliphatic rings. The summed E-state index contributed by atoms with van der Waals surface area (Å²) in [6, 6.07) is 0. The summed E-state index contributed by atoms with van der Waals surface area (Å²) in [4.78, 5) is 0. The van der Waals surface area contributed by atoms with E-state index in [1.165, 1.54) is 0 Å². The van der Waals surface area contributed by atoms with Crippen LogP contribution in [0.15, 0.2) is 0 Å². The average molecular weight is 181 g/mol. The Morgan fingerprint density at radius 3 is 2.10 bits per heavy atom. The zero-order valence-electron chi connectivity index (χ0n) is 5.45. The zero-order valence-corrected chi connectivity index (χ0v) is 7.02. The predicted molar refractivity (Wildman–Crippen MR) is 31.3 cm³/mol. The molecule has 0 aliphatic heterocycles. The van der Waals surface area contributed by atoms with E-state index >= 15 is 0 Å². The van der Waals surface area contributed by atoms with Gasteiger partial charge in [-0.15, -0.1) is 11.6 Å². The number of halogens is 1. The Morgan fingerprint density at radius 2 is 2.00 bits per heavy atom. The summed E-state index contributed by atoms with van der Waals surface area (Å²) in [6.45, 7) is -0.497. The minimum Gasteiger partial charge on any atom is -0.748 e. The number of hydrogen-bond acceptors (Lipinski definition) is 4. The fraction of sp³-hybridized carbons (Fsp3) is 1.00. The molecule has 7 heteroatoms. The second kappa shape index (κ2) is 5.41. The van der Waals surface area contributed by atoms with E-state index in [0.717, 1.165) is 0 Å². The summed E-state index contributed by atoms with van der Waals surface area (Å²) < 4.78 is 29.5. The summed E-state index contributed by atoms with van der Waals surface area (Å²) in [6.07, 6.45) is 0. The smallest absolute Gasteiger partial charge is 0.748 e. The minimum absolute atomic E-state index is 0. The van der Waals surface area contributed by atoms with Crippen molar-refractivity contribution in [3.05, 3.63) is 0 Å². The van der Waals surface area contributed by atoms with Gasteiger partial charge in [-0.2, -0.15) is 0 Å². The zero-order chi connectivity index (χ0) is 7.49. The standard InChI is InChI=1S/C3H7ClO4S.Li/c4-3(1-5)2-9(6,7)8;/h3,5H,1-2H2,(H,6,7,8);/q;+1/p-1. The fourth-order valence-electron chi connectivity index (χ4n) is 0.274. The molecule has 56 valence electrons. The molecule has 4 nitrogen and oxygen atoms in total. The SMILES string of the molecule is O=S(=O)([O-])CC(Cl)CO.[Li+]. The van der Waals surface area contributed by atoms with Gasteiger partial charge >= 0.3 is 18.9 Å². The molecule has 10 heavy (non-hydrogen) atoms. The third-order valence-corrected chi connectivity index (χ3v) is 1.87. The van der Waals surface area contributed by atoms with Crippen molar-refractivity contribution in [1.82, 2.24) is 0 Å². The molecule has 0 rings (SSSR count). The Hall–Kier alpha value is 0.757. The Morgan fingerprint density at radius 1 is 1.60 bits per heavy atom. The monoisotopic (exact) mass is 180 g/mol. The van der Waals surface area contributed by atoms with Crippen molar-refractivity contribution >= 4 is 21.7 Å². The van der Waals surface area contributed by atoms with Crippen LogP contribution in [0, 0.1) is 0 Å². The Bertz CT molecular complexity index is 167. The number of hydrogen-bond donors (Lipinski definition) is 1. The Labute approximate surface area is 76.5 Å². The summed E-state index contributed by atoms with van der Waals surface area (Å²) in [5, 5.41) is 7.18. The van der Waals surface area contributed by atoms with Gasteiger partial charge in [0.25, 0.3) is 0 Å². The summed E-state index contributed by atoms with van der Waals surface area (Å²) in [5.41, 5.74) is 0. The molecule has 0 amide bonds. The van der Waals surface area contributed by atoms with Gasteiger partial charge < -0.3 is 9.66 Å². The van der Waals surface area contributed by atoms with Gasteiger partial charge in [-0.1, -0.05) is 0 Å². The van der Waals surface area contributed by atoms with E-state index in [2.05, 4.69) is 0 Å². The van der Waals surface area contributed by atoms with Crippen molar-refractivity contribution in [2.75, 3.05) is 12.4 Å². The molecule has 0 aromatic carbocycles. The van der Waals surface area contributed by atoms with Crippen LogP contribution < -0.4 is 18.9 Å². The van der Waals surface area contributed by atoms with Crippen LogP contribution in [0.2, 0.25) is 0 Å². The van der Waals surface area contributed by atoms with E-state index in [1.807, 2.05) is 0 Å². The van der Waals surface area contributed by atoms with Gasteiger partial charge in [0.1, 0.15) is 0 Å². The molecule has 0 fully saturated rings. The van der Waals surface area contributed by atoms with Crippen molar-refractivity contribution in [1.29, 1.82) is 0 Å². The third kappa shape index (κ3) is 8.76. The van der Waals surface area contributed by atoms with Gasteiger partial charge in [0.2, 0.25) is 0 Å². The first kappa shape index (κ1) is 13.4. The van der Waals surface area contributed by atoms with Crippen LogP contribution in [0.4, 0.5) is 0 Å². The largest absolute Gasteiger partial charge is 1.00 e. The number of rotatable bonds is 3. The van der Waals surface area contributed by atoms with E-state index in [0.29, 0.717) is 0 Å². The van der Waals surface area contributed by atoms with Crippen LogP contribution in [-0.4, -0.2) is 35.8 Å². The van der Waals surface area contributed by atoms with Gasteiger partial charge in [0.05, 0.1) is 27.9 Å².